The number of halogens is 2. The van der Waals surface area contributed by atoms with Gasteiger partial charge in [-0.3, -0.25) is 0 Å². The Morgan fingerprint density at radius 2 is 2.08 bits per heavy atom. The summed E-state index contributed by atoms with van der Waals surface area (Å²) in [6.07, 6.45) is 0. The van der Waals surface area contributed by atoms with Crippen LogP contribution in [0.5, 0.6) is 0 Å². The SMILES string of the molecule is Br.Cn1c(CBr)nc2ccccc21. The van der Waals surface area contributed by atoms with Crippen molar-refractivity contribution in [2.45, 2.75) is 5.33 Å². The normalized spacial score (nSPS) is 10.0. The summed E-state index contributed by atoms with van der Waals surface area (Å²) < 4.78 is 2.10. The molecule has 0 saturated heterocycles. The minimum Gasteiger partial charge on any atom is -0.330 e. The fraction of sp³-hybridized carbons (Fsp3) is 0.222. The van der Waals surface area contributed by atoms with Crippen LogP contribution >= 0.6 is 32.9 Å². The lowest BCUT2D eigenvalue weighted by Gasteiger charge is -1.95. The van der Waals surface area contributed by atoms with Gasteiger partial charge in [0.1, 0.15) is 5.82 Å². The lowest BCUT2D eigenvalue weighted by Crippen LogP contribution is -1.93. The Labute approximate surface area is 95.9 Å². The van der Waals surface area contributed by atoms with Crippen molar-refractivity contribution >= 4 is 43.9 Å². The lowest BCUT2D eigenvalue weighted by molar-refractivity contribution is 0.879. The highest BCUT2D eigenvalue weighted by atomic mass is 79.9. The van der Waals surface area contributed by atoms with E-state index in [-0.39, 0.29) is 17.0 Å². The maximum Gasteiger partial charge on any atom is 0.120 e. The minimum atomic E-state index is 0. The number of aromatic nitrogens is 2. The second-order valence-electron chi connectivity index (χ2n) is 2.71. The lowest BCUT2D eigenvalue weighted by atomic mass is 10.3. The van der Waals surface area contributed by atoms with Gasteiger partial charge in [-0.2, -0.15) is 0 Å². The third-order valence-corrected chi connectivity index (χ3v) is 2.50. The van der Waals surface area contributed by atoms with Crippen LogP contribution < -0.4 is 0 Å². The summed E-state index contributed by atoms with van der Waals surface area (Å²) in [6, 6.07) is 8.14. The molecule has 0 amide bonds. The van der Waals surface area contributed by atoms with E-state index in [2.05, 4.69) is 31.5 Å². The van der Waals surface area contributed by atoms with Crippen molar-refractivity contribution in [2.24, 2.45) is 7.05 Å². The highest BCUT2D eigenvalue weighted by Crippen LogP contribution is 2.15. The molecule has 0 spiro atoms. The van der Waals surface area contributed by atoms with Crippen molar-refractivity contribution in [3.63, 3.8) is 0 Å². The molecule has 2 nitrogen and oxygen atoms in total. The number of rotatable bonds is 1. The number of para-hydroxylation sites is 2. The first-order valence-electron chi connectivity index (χ1n) is 3.79. The van der Waals surface area contributed by atoms with E-state index < -0.39 is 0 Å². The van der Waals surface area contributed by atoms with Gasteiger partial charge in [-0.1, -0.05) is 28.1 Å². The van der Waals surface area contributed by atoms with Gasteiger partial charge in [0, 0.05) is 7.05 Å². The van der Waals surface area contributed by atoms with Crippen molar-refractivity contribution in [3.05, 3.63) is 30.1 Å². The Kier molecular flexibility index (Phi) is 3.50. The maximum absolute atomic E-state index is 4.45. The zero-order valence-electron chi connectivity index (χ0n) is 7.20. The number of fused-ring (bicyclic) bond motifs is 1. The van der Waals surface area contributed by atoms with Crippen LogP contribution in [0, 0.1) is 0 Å². The zero-order valence-corrected chi connectivity index (χ0v) is 10.5. The Morgan fingerprint density at radius 3 is 2.69 bits per heavy atom. The van der Waals surface area contributed by atoms with Gasteiger partial charge in [-0.25, -0.2) is 4.98 Å². The second-order valence-corrected chi connectivity index (χ2v) is 3.27. The van der Waals surface area contributed by atoms with Crippen molar-refractivity contribution < 1.29 is 0 Å². The zero-order chi connectivity index (χ0) is 8.55. The molecule has 1 aromatic heterocycles. The fourth-order valence-electron chi connectivity index (χ4n) is 1.31. The first-order valence-corrected chi connectivity index (χ1v) is 4.91. The summed E-state index contributed by atoms with van der Waals surface area (Å²) in [5.41, 5.74) is 2.25. The van der Waals surface area contributed by atoms with E-state index in [0.717, 1.165) is 16.7 Å². The van der Waals surface area contributed by atoms with Gasteiger partial charge in [0.2, 0.25) is 0 Å². The molecule has 0 saturated carbocycles. The minimum absolute atomic E-state index is 0. The molecule has 0 unspecified atom stereocenters. The van der Waals surface area contributed by atoms with E-state index in [9.17, 15) is 0 Å². The van der Waals surface area contributed by atoms with Crippen LogP contribution in [0.2, 0.25) is 0 Å². The number of hydrogen-bond acceptors (Lipinski definition) is 1. The van der Waals surface area contributed by atoms with Crippen LogP contribution in [0.15, 0.2) is 24.3 Å². The summed E-state index contributed by atoms with van der Waals surface area (Å²) in [7, 11) is 2.03. The molecule has 0 aliphatic carbocycles. The smallest absolute Gasteiger partial charge is 0.120 e. The second kappa shape index (κ2) is 4.24. The third-order valence-electron chi connectivity index (χ3n) is 2.00. The molecule has 70 valence electrons. The Bertz CT molecular complexity index is 409. The van der Waals surface area contributed by atoms with Crippen molar-refractivity contribution in [1.82, 2.24) is 9.55 Å². The molecule has 0 bridgehead atoms. The van der Waals surface area contributed by atoms with Crippen LogP contribution in [-0.4, -0.2) is 9.55 Å². The van der Waals surface area contributed by atoms with Crippen LogP contribution in [0.25, 0.3) is 11.0 Å². The molecular formula is C9H10Br2N2. The molecule has 2 aromatic rings. The third kappa shape index (κ3) is 1.79. The van der Waals surface area contributed by atoms with E-state index >= 15 is 0 Å². The molecule has 0 atom stereocenters. The number of alkyl halides is 1. The van der Waals surface area contributed by atoms with Crippen LogP contribution in [0.4, 0.5) is 0 Å². The highest BCUT2D eigenvalue weighted by molar-refractivity contribution is 9.08. The summed E-state index contributed by atoms with van der Waals surface area (Å²) in [4.78, 5) is 4.45. The van der Waals surface area contributed by atoms with E-state index in [4.69, 9.17) is 0 Å². The summed E-state index contributed by atoms with van der Waals surface area (Å²) >= 11 is 3.40. The highest BCUT2D eigenvalue weighted by Gasteiger charge is 2.03. The molecule has 0 aliphatic rings. The molecule has 4 heteroatoms. The molecule has 2 rings (SSSR count). The first kappa shape index (κ1) is 10.7. The molecular weight excluding hydrogens is 296 g/mol. The number of hydrogen-bond donors (Lipinski definition) is 0. The number of nitrogens with zero attached hydrogens (tertiary/aromatic N) is 2. The van der Waals surface area contributed by atoms with Crippen molar-refractivity contribution in [1.29, 1.82) is 0 Å². The number of imidazole rings is 1. The van der Waals surface area contributed by atoms with E-state index in [0.29, 0.717) is 0 Å². The van der Waals surface area contributed by atoms with Gasteiger partial charge in [-0.05, 0) is 12.1 Å². The van der Waals surface area contributed by atoms with Crippen LogP contribution in [0.3, 0.4) is 0 Å². The standard InChI is InChI=1S/C9H9BrN2.BrH/c1-12-8-5-3-2-4-7(8)11-9(12)6-10;/h2-5H,6H2,1H3;1H. The predicted octanol–water partition coefficient (Wildman–Crippen LogP) is 3.05. The van der Waals surface area contributed by atoms with Crippen LogP contribution in [0.1, 0.15) is 5.82 Å². The Balaban J connectivity index is 0.000000845. The maximum atomic E-state index is 4.45. The first-order chi connectivity index (χ1) is 5.83. The summed E-state index contributed by atoms with van der Waals surface area (Å²) in [6.45, 7) is 0. The van der Waals surface area contributed by atoms with Gasteiger partial charge in [0.15, 0.2) is 0 Å². The summed E-state index contributed by atoms with van der Waals surface area (Å²) in [5, 5.41) is 0.804. The molecule has 0 fully saturated rings. The molecule has 13 heavy (non-hydrogen) atoms. The van der Waals surface area contributed by atoms with Crippen molar-refractivity contribution in [2.75, 3.05) is 0 Å². The average molecular weight is 306 g/mol. The molecule has 1 heterocycles. The monoisotopic (exact) mass is 304 g/mol. The quantitative estimate of drug-likeness (QED) is 0.741. The Morgan fingerprint density at radius 1 is 1.38 bits per heavy atom. The molecule has 0 radical (unpaired) electrons. The topological polar surface area (TPSA) is 17.8 Å². The van der Waals surface area contributed by atoms with Gasteiger partial charge in [0.25, 0.3) is 0 Å². The summed E-state index contributed by atoms with van der Waals surface area (Å²) in [5.74, 6) is 1.07. The number of aryl methyl sites for hydroxylation is 1. The van der Waals surface area contributed by atoms with E-state index in [1.807, 2.05) is 25.2 Å². The molecule has 0 N–H and O–H groups in total. The van der Waals surface area contributed by atoms with Crippen molar-refractivity contribution in [3.8, 4) is 0 Å². The molecule has 1 aromatic carbocycles. The van der Waals surface area contributed by atoms with Gasteiger partial charge < -0.3 is 4.57 Å². The van der Waals surface area contributed by atoms with Gasteiger partial charge in [-0.15, -0.1) is 17.0 Å². The molecule has 0 aliphatic heterocycles. The predicted molar refractivity (Wildman–Crippen MR) is 63.7 cm³/mol. The Hall–Kier alpha value is -0.350. The van der Waals surface area contributed by atoms with E-state index in [1.54, 1.807) is 0 Å². The number of benzene rings is 1. The van der Waals surface area contributed by atoms with Gasteiger partial charge >= 0.3 is 0 Å². The van der Waals surface area contributed by atoms with E-state index in [1.165, 1.54) is 5.52 Å². The largest absolute Gasteiger partial charge is 0.330 e. The van der Waals surface area contributed by atoms with Gasteiger partial charge in [0.05, 0.1) is 16.4 Å². The van der Waals surface area contributed by atoms with Crippen LogP contribution in [-0.2, 0) is 12.4 Å². The fourth-order valence-corrected chi connectivity index (χ4v) is 1.82. The average Bonchev–Trinajstić information content (AvgIpc) is 2.44.